The lowest BCUT2D eigenvalue weighted by atomic mass is 9.84. The first-order chi connectivity index (χ1) is 10.1. The predicted octanol–water partition coefficient (Wildman–Crippen LogP) is 1.41. The molecule has 1 aliphatic carbocycles. The summed E-state index contributed by atoms with van der Waals surface area (Å²) in [7, 11) is 0. The van der Waals surface area contributed by atoms with E-state index >= 15 is 0 Å². The van der Waals surface area contributed by atoms with Crippen LogP contribution in [-0.2, 0) is 4.79 Å². The molecule has 21 heavy (non-hydrogen) atoms. The zero-order valence-electron chi connectivity index (χ0n) is 12.8. The van der Waals surface area contributed by atoms with Crippen LogP contribution in [0.2, 0.25) is 0 Å². The fourth-order valence-electron chi connectivity index (χ4n) is 3.37. The largest absolute Gasteiger partial charge is 0.481 e. The Morgan fingerprint density at radius 1 is 1.19 bits per heavy atom. The predicted molar refractivity (Wildman–Crippen MR) is 80.2 cm³/mol. The van der Waals surface area contributed by atoms with E-state index in [0.29, 0.717) is 19.0 Å². The molecule has 2 fully saturated rings. The third kappa shape index (κ3) is 4.59. The van der Waals surface area contributed by atoms with Gasteiger partial charge in [-0.2, -0.15) is 0 Å². The number of rotatable bonds is 5. The standard InChI is InChI=1S/C15H27N3O3/c1-11(18-8-4-5-9-18)10-16-15(21)17-13-7-3-2-6-12(13)14(19)20/h11-13H,2-10H2,1H3,(H,19,20)(H2,16,17,21). The zero-order valence-corrected chi connectivity index (χ0v) is 12.8. The third-order valence-electron chi connectivity index (χ3n) is 4.72. The Hall–Kier alpha value is -1.30. The molecular weight excluding hydrogens is 270 g/mol. The second-order valence-electron chi connectivity index (χ2n) is 6.28. The highest BCUT2D eigenvalue weighted by Gasteiger charge is 2.31. The minimum Gasteiger partial charge on any atom is -0.481 e. The van der Waals surface area contributed by atoms with Gasteiger partial charge in [0.05, 0.1) is 5.92 Å². The van der Waals surface area contributed by atoms with E-state index in [1.165, 1.54) is 12.8 Å². The second-order valence-corrected chi connectivity index (χ2v) is 6.28. The summed E-state index contributed by atoms with van der Waals surface area (Å²) in [5, 5.41) is 14.9. The van der Waals surface area contributed by atoms with Gasteiger partial charge in [-0.25, -0.2) is 4.79 Å². The fourth-order valence-corrected chi connectivity index (χ4v) is 3.37. The lowest BCUT2D eigenvalue weighted by Crippen LogP contribution is -2.51. The van der Waals surface area contributed by atoms with Crippen molar-refractivity contribution in [1.82, 2.24) is 15.5 Å². The quantitative estimate of drug-likeness (QED) is 0.716. The van der Waals surface area contributed by atoms with Crippen LogP contribution in [0.4, 0.5) is 4.79 Å². The third-order valence-corrected chi connectivity index (χ3v) is 4.72. The molecule has 120 valence electrons. The van der Waals surface area contributed by atoms with Gasteiger partial charge in [-0.3, -0.25) is 9.69 Å². The molecule has 6 nitrogen and oxygen atoms in total. The summed E-state index contributed by atoms with van der Waals surface area (Å²) < 4.78 is 0. The molecule has 1 aliphatic heterocycles. The SMILES string of the molecule is CC(CNC(=O)NC1CCCCC1C(=O)O)N1CCCC1. The van der Waals surface area contributed by atoms with Crippen molar-refractivity contribution >= 4 is 12.0 Å². The molecular formula is C15H27N3O3. The van der Waals surface area contributed by atoms with E-state index < -0.39 is 11.9 Å². The lowest BCUT2D eigenvalue weighted by Gasteiger charge is -2.30. The molecule has 0 radical (unpaired) electrons. The highest BCUT2D eigenvalue weighted by molar-refractivity contribution is 5.76. The molecule has 1 heterocycles. The summed E-state index contributed by atoms with van der Waals surface area (Å²) in [6.45, 7) is 4.94. The van der Waals surface area contributed by atoms with Crippen LogP contribution >= 0.6 is 0 Å². The Morgan fingerprint density at radius 2 is 1.86 bits per heavy atom. The van der Waals surface area contributed by atoms with Crippen molar-refractivity contribution in [3.05, 3.63) is 0 Å². The number of likely N-dealkylation sites (tertiary alicyclic amines) is 1. The van der Waals surface area contributed by atoms with Gasteiger partial charge in [0.15, 0.2) is 0 Å². The van der Waals surface area contributed by atoms with E-state index in [1.54, 1.807) is 0 Å². The van der Waals surface area contributed by atoms with E-state index in [9.17, 15) is 14.7 Å². The van der Waals surface area contributed by atoms with E-state index in [2.05, 4.69) is 22.5 Å². The smallest absolute Gasteiger partial charge is 0.315 e. The fraction of sp³-hybridized carbons (Fsp3) is 0.867. The molecule has 6 heteroatoms. The molecule has 3 N–H and O–H groups in total. The van der Waals surface area contributed by atoms with Crippen molar-refractivity contribution in [1.29, 1.82) is 0 Å². The van der Waals surface area contributed by atoms with Crippen LogP contribution in [-0.4, -0.2) is 53.7 Å². The molecule has 3 unspecified atom stereocenters. The van der Waals surface area contributed by atoms with Gasteiger partial charge in [0.1, 0.15) is 0 Å². The molecule has 2 amide bonds. The highest BCUT2D eigenvalue weighted by Crippen LogP contribution is 2.24. The van der Waals surface area contributed by atoms with E-state index in [4.69, 9.17) is 0 Å². The number of aliphatic carboxylic acids is 1. The molecule has 0 spiro atoms. The Balaban J connectivity index is 1.73. The summed E-state index contributed by atoms with van der Waals surface area (Å²) in [6, 6.07) is -0.141. The Morgan fingerprint density at radius 3 is 2.52 bits per heavy atom. The number of hydrogen-bond acceptors (Lipinski definition) is 3. The van der Waals surface area contributed by atoms with Crippen LogP contribution in [0.3, 0.4) is 0 Å². The Bertz CT molecular complexity index is 369. The van der Waals surface area contributed by atoms with Crippen LogP contribution in [0, 0.1) is 5.92 Å². The van der Waals surface area contributed by atoms with Crippen molar-refractivity contribution in [3.8, 4) is 0 Å². The first kappa shape index (κ1) is 16.1. The normalized spacial score (nSPS) is 28.0. The molecule has 0 aromatic carbocycles. The van der Waals surface area contributed by atoms with Gasteiger partial charge in [-0.15, -0.1) is 0 Å². The van der Waals surface area contributed by atoms with Gasteiger partial charge in [0.2, 0.25) is 0 Å². The molecule has 2 aliphatic rings. The summed E-state index contributed by atoms with van der Waals surface area (Å²) in [6.07, 6.45) is 5.80. The van der Waals surface area contributed by atoms with Crippen LogP contribution in [0.5, 0.6) is 0 Å². The molecule has 0 aromatic heterocycles. The first-order valence-electron chi connectivity index (χ1n) is 8.09. The topological polar surface area (TPSA) is 81.7 Å². The van der Waals surface area contributed by atoms with E-state index in [-0.39, 0.29) is 12.1 Å². The van der Waals surface area contributed by atoms with Crippen LogP contribution < -0.4 is 10.6 Å². The number of hydrogen-bond donors (Lipinski definition) is 3. The molecule has 0 bridgehead atoms. The average molecular weight is 297 g/mol. The van der Waals surface area contributed by atoms with Gasteiger partial charge >= 0.3 is 12.0 Å². The summed E-state index contributed by atoms with van der Waals surface area (Å²) >= 11 is 0. The van der Waals surface area contributed by atoms with Crippen LogP contribution in [0.25, 0.3) is 0 Å². The molecule has 1 saturated carbocycles. The van der Waals surface area contributed by atoms with Crippen molar-refractivity contribution in [2.75, 3.05) is 19.6 Å². The Kier molecular flexibility index (Phi) is 5.85. The van der Waals surface area contributed by atoms with Gasteiger partial charge < -0.3 is 15.7 Å². The van der Waals surface area contributed by atoms with Crippen LogP contribution in [0.15, 0.2) is 0 Å². The number of nitrogens with one attached hydrogen (secondary N) is 2. The number of carbonyl (C=O) groups excluding carboxylic acids is 1. The lowest BCUT2D eigenvalue weighted by molar-refractivity contribution is -0.143. The van der Waals surface area contributed by atoms with Crippen molar-refractivity contribution in [2.45, 2.75) is 57.5 Å². The molecule has 3 atom stereocenters. The molecule has 1 saturated heterocycles. The summed E-state index contributed by atoms with van der Waals surface area (Å²) in [5.74, 6) is -1.24. The maximum Gasteiger partial charge on any atom is 0.315 e. The van der Waals surface area contributed by atoms with Gasteiger partial charge in [-0.05, 0) is 45.7 Å². The monoisotopic (exact) mass is 297 g/mol. The molecule has 2 rings (SSSR count). The van der Waals surface area contributed by atoms with Crippen molar-refractivity contribution in [3.63, 3.8) is 0 Å². The average Bonchev–Trinajstić information content (AvgIpc) is 2.99. The maximum absolute atomic E-state index is 12.0. The number of carboxylic acids is 1. The highest BCUT2D eigenvalue weighted by atomic mass is 16.4. The van der Waals surface area contributed by atoms with E-state index in [1.807, 2.05) is 0 Å². The van der Waals surface area contributed by atoms with E-state index in [0.717, 1.165) is 32.4 Å². The number of nitrogens with zero attached hydrogens (tertiary/aromatic N) is 1. The van der Waals surface area contributed by atoms with Crippen molar-refractivity contribution < 1.29 is 14.7 Å². The minimum absolute atomic E-state index is 0.237. The number of amides is 2. The summed E-state index contributed by atoms with van der Waals surface area (Å²) in [5.41, 5.74) is 0. The zero-order chi connectivity index (χ0) is 15.2. The maximum atomic E-state index is 12.0. The van der Waals surface area contributed by atoms with Crippen LogP contribution in [0.1, 0.15) is 45.4 Å². The number of urea groups is 1. The Labute approximate surface area is 126 Å². The first-order valence-corrected chi connectivity index (χ1v) is 8.09. The molecule has 0 aromatic rings. The number of carboxylic acid groups (broad SMARTS) is 1. The van der Waals surface area contributed by atoms with Gasteiger partial charge in [0, 0.05) is 18.6 Å². The number of carbonyl (C=O) groups is 2. The van der Waals surface area contributed by atoms with Gasteiger partial charge in [-0.1, -0.05) is 12.8 Å². The minimum atomic E-state index is -0.801. The van der Waals surface area contributed by atoms with Crippen molar-refractivity contribution in [2.24, 2.45) is 5.92 Å². The van der Waals surface area contributed by atoms with Gasteiger partial charge in [0.25, 0.3) is 0 Å². The second kappa shape index (κ2) is 7.64. The summed E-state index contributed by atoms with van der Waals surface area (Å²) in [4.78, 5) is 25.5.